The van der Waals surface area contributed by atoms with Crippen molar-refractivity contribution in [1.29, 1.82) is 0 Å². The zero-order valence-corrected chi connectivity index (χ0v) is 25.7. The predicted molar refractivity (Wildman–Crippen MR) is 164 cm³/mol. The number of carbonyl (C=O) groups excluding carboxylic acids is 2. The molecule has 11 heteroatoms. The molecule has 0 atom stereocenters. The quantitative estimate of drug-likeness (QED) is 0.282. The summed E-state index contributed by atoms with van der Waals surface area (Å²) in [5, 5.41) is 3.42. The maximum Gasteiger partial charge on any atom is 0.417 e. The van der Waals surface area contributed by atoms with Crippen molar-refractivity contribution in [2.45, 2.75) is 58.2 Å². The Morgan fingerprint density at radius 1 is 1.16 bits per heavy atom. The highest BCUT2D eigenvalue weighted by Gasteiger charge is 2.39. The van der Waals surface area contributed by atoms with E-state index in [0.29, 0.717) is 52.0 Å². The van der Waals surface area contributed by atoms with Gasteiger partial charge in [0.2, 0.25) is 0 Å². The fourth-order valence-corrected chi connectivity index (χ4v) is 5.87. The number of ether oxygens (including phenoxy) is 2. The van der Waals surface area contributed by atoms with Crippen LogP contribution in [0.3, 0.4) is 0 Å². The first-order chi connectivity index (χ1) is 21.0. The Hall–Kier alpha value is -4.35. The van der Waals surface area contributed by atoms with Crippen molar-refractivity contribution in [2.75, 3.05) is 32.6 Å². The number of nitrogens with zero attached hydrogens (tertiary/aromatic N) is 5. The van der Waals surface area contributed by atoms with Crippen molar-refractivity contribution in [2.24, 2.45) is 0 Å². The van der Waals surface area contributed by atoms with Crippen LogP contribution in [0.5, 0.6) is 0 Å². The Morgan fingerprint density at radius 3 is 2.66 bits per heavy atom. The lowest BCUT2D eigenvalue weighted by Crippen LogP contribution is -2.37. The molecule has 2 aliphatic heterocycles. The Balaban J connectivity index is 1.44. The van der Waals surface area contributed by atoms with Crippen molar-refractivity contribution < 1.29 is 23.5 Å². The SMILES string of the molecule is CN(C)Cc1cc(C2CCOCC2)cc(Nc2ccc(-c3cnc4cc(F)ccn34)c3c2C(=O)N(C(=O)OC(C)(C)C)C3)n1. The molecular formula is C33H37FN6O4. The second-order valence-corrected chi connectivity index (χ2v) is 12.6. The van der Waals surface area contributed by atoms with Gasteiger partial charge in [-0.2, -0.15) is 0 Å². The summed E-state index contributed by atoms with van der Waals surface area (Å²) in [6.45, 7) is 7.40. The second kappa shape index (κ2) is 11.6. The molecule has 44 heavy (non-hydrogen) atoms. The van der Waals surface area contributed by atoms with E-state index in [1.165, 1.54) is 17.7 Å². The minimum absolute atomic E-state index is 0.0176. The molecule has 0 bridgehead atoms. The van der Waals surface area contributed by atoms with Crippen LogP contribution in [0.4, 0.5) is 20.7 Å². The van der Waals surface area contributed by atoms with Crippen LogP contribution >= 0.6 is 0 Å². The summed E-state index contributed by atoms with van der Waals surface area (Å²) in [4.78, 5) is 39.6. The van der Waals surface area contributed by atoms with Crippen molar-refractivity contribution in [1.82, 2.24) is 24.2 Å². The average Bonchev–Trinajstić information content (AvgIpc) is 3.53. The van der Waals surface area contributed by atoms with Gasteiger partial charge in [-0.3, -0.25) is 9.20 Å². The van der Waals surface area contributed by atoms with Gasteiger partial charge in [0.05, 0.1) is 35.4 Å². The lowest BCUT2D eigenvalue weighted by molar-refractivity contribution is 0.0248. The first kappa shape index (κ1) is 29.7. The molecule has 1 saturated heterocycles. The molecule has 230 valence electrons. The summed E-state index contributed by atoms with van der Waals surface area (Å²) in [6, 6.07) is 10.6. The minimum atomic E-state index is -0.779. The largest absolute Gasteiger partial charge is 0.443 e. The van der Waals surface area contributed by atoms with E-state index in [1.54, 1.807) is 37.6 Å². The number of anilines is 2. The second-order valence-electron chi connectivity index (χ2n) is 12.6. The molecule has 2 aliphatic rings. The Labute approximate surface area is 255 Å². The molecule has 0 unspecified atom stereocenters. The highest BCUT2D eigenvalue weighted by Crippen LogP contribution is 2.39. The maximum absolute atomic E-state index is 14.0. The third kappa shape index (κ3) is 6.02. The normalized spacial score (nSPS) is 15.7. The number of halogens is 1. The Bertz CT molecular complexity index is 1740. The number of hydrogen-bond donors (Lipinski definition) is 1. The van der Waals surface area contributed by atoms with E-state index in [9.17, 15) is 14.0 Å². The van der Waals surface area contributed by atoms with E-state index in [1.807, 2.05) is 32.3 Å². The molecule has 4 aromatic rings. The summed E-state index contributed by atoms with van der Waals surface area (Å²) < 4.78 is 26.9. The van der Waals surface area contributed by atoms with Crippen LogP contribution in [-0.2, 0) is 22.6 Å². The van der Waals surface area contributed by atoms with Crippen molar-refractivity contribution >= 4 is 29.2 Å². The number of fused-ring (bicyclic) bond motifs is 2. The highest BCUT2D eigenvalue weighted by molar-refractivity contribution is 6.11. The van der Waals surface area contributed by atoms with Crippen LogP contribution in [0, 0.1) is 5.82 Å². The molecule has 0 saturated carbocycles. The van der Waals surface area contributed by atoms with E-state index >= 15 is 0 Å². The summed E-state index contributed by atoms with van der Waals surface area (Å²) >= 11 is 0. The lowest BCUT2D eigenvalue weighted by Gasteiger charge is -2.24. The number of imidazole rings is 1. The molecular weight excluding hydrogens is 563 g/mol. The van der Waals surface area contributed by atoms with Gasteiger partial charge in [0, 0.05) is 37.6 Å². The zero-order valence-electron chi connectivity index (χ0n) is 25.7. The topological polar surface area (TPSA) is 101 Å². The van der Waals surface area contributed by atoms with E-state index in [2.05, 4.69) is 21.3 Å². The standard InChI is InChI=1S/C33H37FN6O4/c1-33(2,3)44-32(42)40-19-25-24(27-17-35-29-16-22(34)8-11-39(27)29)6-7-26(30(25)31(40)41)37-28-15-21(20-9-12-43-13-10-20)14-23(36-28)18-38(4)5/h6-8,11,14-17,20H,9-10,12-13,18-19H2,1-5H3,(H,36,37). The summed E-state index contributed by atoms with van der Waals surface area (Å²) in [7, 11) is 4.00. The first-order valence-electron chi connectivity index (χ1n) is 14.8. The molecule has 10 nitrogen and oxygen atoms in total. The number of imide groups is 1. The van der Waals surface area contributed by atoms with E-state index in [0.717, 1.165) is 36.6 Å². The zero-order chi connectivity index (χ0) is 31.2. The van der Waals surface area contributed by atoms with Gasteiger partial charge in [0.1, 0.15) is 22.9 Å². The summed E-state index contributed by atoms with van der Waals surface area (Å²) in [5.74, 6) is 0.113. The molecule has 2 amide bonds. The molecule has 0 aliphatic carbocycles. The van der Waals surface area contributed by atoms with E-state index in [-0.39, 0.29) is 6.54 Å². The average molecular weight is 601 g/mol. The maximum atomic E-state index is 14.0. The summed E-state index contributed by atoms with van der Waals surface area (Å²) in [5.41, 5.74) is 4.67. The molecule has 0 spiro atoms. The van der Waals surface area contributed by atoms with Crippen LogP contribution in [0.25, 0.3) is 16.9 Å². The highest BCUT2D eigenvalue weighted by atomic mass is 19.1. The molecule has 1 aromatic carbocycles. The first-order valence-corrected chi connectivity index (χ1v) is 14.8. The molecule has 1 N–H and O–H groups in total. The Kier molecular flexibility index (Phi) is 7.85. The fraction of sp³-hybridized carbons (Fsp3) is 0.394. The number of pyridine rings is 2. The third-order valence-electron chi connectivity index (χ3n) is 7.79. The van der Waals surface area contributed by atoms with Gasteiger partial charge in [-0.15, -0.1) is 0 Å². The molecule has 3 aromatic heterocycles. The number of nitrogens with one attached hydrogen (secondary N) is 1. The number of amides is 2. The van der Waals surface area contributed by atoms with Gasteiger partial charge in [-0.25, -0.2) is 24.1 Å². The molecule has 0 radical (unpaired) electrons. The van der Waals surface area contributed by atoms with Crippen molar-refractivity contribution in [3.05, 3.63) is 77.0 Å². The van der Waals surface area contributed by atoms with E-state index in [4.69, 9.17) is 14.5 Å². The van der Waals surface area contributed by atoms with Crippen LogP contribution < -0.4 is 5.32 Å². The number of hydrogen-bond acceptors (Lipinski definition) is 8. The minimum Gasteiger partial charge on any atom is -0.443 e. The van der Waals surface area contributed by atoms with Gasteiger partial charge >= 0.3 is 6.09 Å². The van der Waals surface area contributed by atoms with Crippen molar-refractivity contribution in [3.63, 3.8) is 0 Å². The van der Waals surface area contributed by atoms with Gasteiger partial charge < -0.3 is 19.7 Å². The molecule has 1 fully saturated rings. The molecule has 5 heterocycles. The van der Waals surface area contributed by atoms with Crippen LogP contribution in [0.15, 0.2) is 48.8 Å². The Morgan fingerprint density at radius 2 is 1.93 bits per heavy atom. The monoisotopic (exact) mass is 600 g/mol. The van der Waals surface area contributed by atoms with Crippen LogP contribution in [0.1, 0.15) is 66.7 Å². The molecule has 6 rings (SSSR count). The summed E-state index contributed by atoms with van der Waals surface area (Å²) in [6.07, 6.45) is 4.39. The number of rotatable bonds is 6. The fourth-order valence-electron chi connectivity index (χ4n) is 5.87. The van der Waals surface area contributed by atoms with Gasteiger partial charge in [-0.1, -0.05) is 6.07 Å². The predicted octanol–water partition coefficient (Wildman–Crippen LogP) is 6.13. The number of benzene rings is 1. The number of carbonyl (C=O) groups is 2. The lowest BCUT2D eigenvalue weighted by atomic mass is 9.91. The van der Waals surface area contributed by atoms with Crippen LogP contribution in [0.2, 0.25) is 0 Å². The third-order valence-corrected chi connectivity index (χ3v) is 7.79. The smallest absolute Gasteiger partial charge is 0.417 e. The van der Waals surface area contributed by atoms with Crippen LogP contribution in [-0.4, -0.2) is 69.1 Å². The van der Waals surface area contributed by atoms with E-state index < -0.39 is 23.4 Å². The van der Waals surface area contributed by atoms with Gasteiger partial charge in [0.25, 0.3) is 5.91 Å². The van der Waals surface area contributed by atoms with Gasteiger partial charge in [-0.05, 0) is 89.0 Å². The van der Waals surface area contributed by atoms with Gasteiger partial charge in [0.15, 0.2) is 0 Å². The van der Waals surface area contributed by atoms with Crippen molar-refractivity contribution in [3.8, 4) is 11.3 Å². The number of aromatic nitrogens is 3.